The van der Waals surface area contributed by atoms with Gasteiger partial charge in [-0.25, -0.2) is 4.52 Å². The summed E-state index contributed by atoms with van der Waals surface area (Å²) in [7, 11) is 1.53. The van der Waals surface area contributed by atoms with Crippen LogP contribution in [0, 0.1) is 6.92 Å². The largest absolute Gasteiger partial charge is 0.416 e. The van der Waals surface area contributed by atoms with E-state index < -0.39 is 17.6 Å². The molecule has 2 aromatic carbocycles. The van der Waals surface area contributed by atoms with Crippen molar-refractivity contribution in [3.8, 4) is 11.1 Å². The minimum Gasteiger partial charge on any atom is -0.378 e. The first-order valence-electron chi connectivity index (χ1n) is 9.67. The topological polar surface area (TPSA) is 81.4 Å². The summed E-state index contributed by atoms with van der Waals surface area (Å²) in [5.74, 6) is -0.714. The highest BCUT2D eigenvalue weighted by Crippen LogP contribution is 2.32. The lowest BCUT2D eigenvalue weighted by molar-refractivity contribution is -0.137. The van der Waals surface area contributed by atoms with Gasteiger partial charge in [0.05, 0.1) is 29.1 Å². The summed E-state index contributed by atoms with van der Waals surface area (Å²) in [6.07, 6.45) is -4.53. The lowest BCUT2D eigenvalue weighted by Gasteiger charge is -2.10. The molecule has 0 spiro atoms. The molecule has 170 valence electrons. The summed E-state index contributed by atoms with van der Waals surface area (Å²) in [6.45, 7) is 1.80. The van der Waals surface area contributed by atoms with Crippen molar-refractivity contribution in [2.24, 2.45) is 0 Å². The number of carbonyl (C=O) groups is 1. The monoisotopic (exact) mass is 475 g/mol. The molecule has 0 aliphatic rings. The lowest BCUT2D eigenvalue weighted by atomic mass is 10.1. The Kier molecular flexibility index (Phi) is 6.05. The maximum absolute atomic E-state index is 13.0. The highest BCUT2D eigenvalue weighted by molar-refractivity contribution is 6.30. The van der Waals surface area contributed by atoms with Crippen LogP contribution in [0.25, 0.3) is 16.8 Å². The van der Waals surface area contributed by atoms with Crippen LogP contribution in [0.3, 0.4) is 0 Å². The molecule has 0 atom stereocenters. The molecule has 1 N–H and O–H groups in total. The molecule has 0 saturated heterocycles. The van der Waals surface area contributed by atoms with Gasteiger partial charge >= 0.3 is 6.18 Å². The van der Waals surface area contributed by atoms with Crippen molar-refractivity contribution in [2.75, 3.05) is 12.4 Å². The highest BCUT2D eigenvalue weighted by atomic mass is 35.5. The molecule has 0 aliphatic heterocycles. The quantitative estimate of drug-likeness (QED) is 0.430. The van der Waals surface area contributed by atoms with Gasteiger partial charge in [0.25, 0.3) is 5.91 Å². The first kappa shape index (κ1) is 22.7. The van der Waals surface area contributed by atoms with Crippen molar-refractivity contribution < 1.29 is 22.7 Å². The molecular formula is C22H17ClF3N5O2. The number of rotatable bonds is 5. The van der Waals surface area contributed by atoms with Gasteiger partial charge in [-0.05, 0) is 42.8 Å². The zero-order valence-corrected chi connectivity index (χ0v) is 18.2. The van der Waals surface area contributed by atoms with Gasteiger partial charge in [0.15, 0.2) is 11.3 Å². The van der Waals surface area contributed by atoms with Crippen molar-refractivity contribution in [3.63, 3.8) is 0 Å². The molecule has 11 heteroatoms. The van der Waals surface area contributed by atoms with Gasteiger partial charge in [-0.15, -0.1) is 10.2 Å². The number of amides is 1. The number of benzene rings is 2. The summed E-state index contributed by atoms with van der Waals surface area (Å²) in [6, 6.07) is 11.5. The SMILES string of the molecule is COCc1nn2c(C)c(C(=O)Nc3cccc(C(F)(F)F)c3)nnc2c1-c1cccc(Cl)c1. The molecular weight excluding hydrogens is 459 g/mol. The molecule has 1 amide bonds. The number of fused-ring (bicyclic) bond motifs is 1. The van der Waals surface area contributed by atoms with E-state index in [-0.39, 0.29) is 18.0 Å². The van der Waals surface area contributed by atoms with Crippen molar-refractivity contribution in [2.45, 2.75) is 19.7 Å². The summed E-state index contributed by atoms with van der Waals surface area (Å²) in [5, 5.41) is 15.7. The number of anilines is 1. The second kappa shape index (κ2) is 8.80. The Morgan fingerprint density at radius 3 is 2.61 bits per heavy atom. The van der Waals surface area contributed by atoms with E-state index in [4.69, 9.17) is 16.3 Å². The first-order valence-corrected chi connectivity index (χ1v) is 10.0. The molecule has 0 radical (unpaired) electrons. The fourth-order valence-electron chi connectivity index (χ4n) is 3.40. The molecule has 2 heterocycles. The molecule has 2 aromatic heterocycles. The van der Waals surface area contributed by atoms with E-state index in [0.29, 0.717) is 27.6 Å². The van der Waals surface area contributed by atoms with Crippen molar-refractivity contribution in [1.82, 2.24) is 19.8 Å². The summed E-state index contributed by atoms with van der Waals surface area (Å²) >= 11 is 6.14. The summed E-state index contributed by atoms with van der Waals surface area (Å²) in [5.41, 5.74) is 1.74. The predicted molar refractivity (Wildman–Crippen MR) is 116 cm³/mol. The maximum atomic E-state index is 13.0. The molecule has 0 unspecified atom stereocenters. The number of hydrogen-bond acceptors (Lipinski definition) is 5. The third-order valence-corrected chi connectivity index (χ3v) is 5.13. The van der Waals surface area contributed by atoms with Crippen molar-refractivity contribution in [3.05, 3.63) is 76.2 Å². The van der Waals surface area contributed by atoms with Crippen LogP contribution in [0.5, 0.6) is 0 Å². The van der Waals surface area contributed by atoms with E-state index in [1.54, 1.807) is 25.1 Å². The van der Waals surface area contributed by atoms with Crippen molar-refractivity contribution >= 4 is 28.8 Å². The van der Waals surface area contributed by atoms with Crippen LogP contribution in [0.15, 0.2) is 48.5 Å². The number of aryl methyl sites for hydroxylation is 1. The summed E-state index contributed by atoms with van der Waals surface area (Å²) < 4.78 is 45.6. The van der Waals surface area contributed by atoms with Crippen LogP contribution in [0.2, 0.25) is 5.02 Å². The summed E-state index contributed by atoms with van der Waals surface area (Å²) in [4.78, 5) is 12.8. The number of nitrogens with one attached hydrogen (secondary N) is 1. The minimum atomic E-state index is -4.53. The number of aromatic nitrogens is 4. The molecule has 0 fully saturated rings. The van der Waals surface area contributed by atoms with E-state index in [1.807, 2.05) is 6.07 Å². The van der Waals surface area contributed by atoms with Gasteiger partial charge in [0.2, 0.25) is 0 Å². The number of carbonyl (C=O) groups excluding carboxylic acids is 1. The second-order valence-electron chi connectivity index (χ2n) is 7.17. The Morgan fingerprint density at radius 1 is 1.15 bits per heavy atom. The predicted octanol–water partition coefficient (Wildman–Crippen LogP) is 5.17. The third kappa shape index (κ3) is 4.53. The molecule has 4 rings (SSSR count). The van der Waals surface area contributed by atoms with Gasteiger partial charge in [0.1, 0.15) is 0 Å². The van der Waals surface area contributed by atoms with E-state index >= 15 is 0 Å². The van der Waals surface area contributed by atoms with Crippen LogP contribution >= 0.6 is 11.6 Å². The average Bonchev–Trinajstić information content (AvgIpc) is 3.13. The number of halogens is 4. The molecule has 0 saturated carbocycles. The zero-order chi connectivity index (χ0) is 23.8. The molecule has 0 aliphatic carbocycles. The Bertz CT molecular complexity index is 1350. The van der Waals surface area contributed by atoms with E-state index in [1.165, 1.54) is 23.8 Å². The smallest absolute Gasteiger partial charge is 0.378 e. The fraction of sp³-hybridized carbons (Fsp3) is 0.182. The number of methoxy groups -OCH3 is 1. The van der Waals surface area contributed by atoms with Gasteiger partial charge in [-0.2, -0.15) is 18.3 Å². The normalized spacial score (nSPS) is 11.7. The third-order valence-electron chi connectivity index (χ3n) is 4.90. The van der Waals surface area contributed by atoms with Gasteiger partial charge < -0.3 is 10.1 Å². The van der Waals surface area contributed by atoms with Crippen LogP contribution in [0.4, 0.5) is 18.9 Å². The highest BCUT2D eigenvalue weighted by Gasteiger charge is 2.30. The zero-order valence-electron chi connectivity index (χ0n) is 17.4. The number of alkyl halides is 3. The van der Waals surface area contributed by atoms with Gasteiger partial charge in [-0.1, -0.05) is 29.8 Å². The van der Waals surface area contributed by atoms with E-state index in [9.17, 15) is 18.0 Å². The second-order valence-corrected chi connectivity index (χ2v) is 7.60. The van der Waals surface area contributed by atoms with Crippen LogP contribution in [0.1, 0.15) is 27.4 Å². The molecule has 0 bridgehead atoms. The Balaban J connectivity index is 1.75. The van der Waals surface area contributed by atoms with Gasteiger partial charge in [-0.3, -0.25) is 4.79 Å². The molecule has 4 aromatic rings. The van der Waals surface area contributed by atoms with E-state index in [2.05, 4.69) is 20.6 Å². The number of ether oxygens (including phenoxy) is 1. The Hall–Kier alpha value is -3.50. The molecule has 7 nitrogen and oxygen atoms in total. The average molecular weight is 476 g/mol. The number of nitrogens with zero attached hydrogens (tertiary/aromatic N) is 4. The van der Waals surface area contributed by atoms with Crippen molar-refractivity contribution in [1.29, 1.82) is 0 Å². The number of hydrogen-bond donors (Lipinski definition) is 1. The lowest BCUT2D eigenvalue weighted by Crippen LogP contribution is -2.19. The standard InChI is InChI=1S/C22H17ClF3N5O2/c1-12-19(21(32)27-16-8-4-6-14(10-16)22(24,25)26)28-29-20-18(13-5-3-7-15(23)9-13)17(11-33-2)30-31(12)20/h3-10H,11H2,1-2H3,(H,27,32). The maximum Gasteiger partial charge on any atom is 0.416 e. The van der Waals surface area contributed by atoms with Crippen LogP contribution in [-0.2, 0) is 17.5 Å². The Morgan fingerprint density at radius 2 is 1.91 bits per heavy atom. The van der Waals surface area contributed by atoms with Crippen LogP contribution in [-0.4, -0.2) is 32.8 Å². The van der Waals surface area contributed by atoms with E-state index in [0.717, 1.165) is 17.7 Å². The first-order chi connectivity index (χ1) is 15.7. The molecule has 33 heavy (non-hydrogen) atoms. The minimum absolute atomic E-state index is 0.0173. The Labute approximate surface area is 191 Å². The van der Waals surface area contributed by atoms with Crippen LogP contribution < -0.4 is 5.32 Å². The fourth-order valence-corrected chi connectivity index (χ4v) is 3.59. The van der Waals surface area contributed by atoms with Gasteiger partial charge in [0, 0.05) is 17.8 Å².